The molecule has 0 heterocycles. The summed E-state index contributed by atoms with van der Waals surface area (Å²) in [5.41, 5.74) is 8.04. The minimum atomic E-state index is -0.492. The maximum absolute atomic E-state index is 12.5. The zero-order chi connectivity index (χ0) is 18.9. The average molecular weight is 374 g/mol. The number of nitrogens with zero attached hydrogens (tertiary/aromatic N) is 1. The van der Waals surface area contributed by atoms with Crippen LogP contribution in [0.25, 0.3) is 0 Å². The number of rotatable bonds is 8. The minimum Gasteiger partial charge on any atom is -0.467 e. The van der Waals surface area contributed by atoms with Gasteiger partial charge in [0.2, 0.25) is 0 Å². The van der Waals surface area contributed by atoms with Crippen LogP contribution in [0.2, 0.25) is 0 Å². The van der Waals surface area contributed by atoms with Crippen molar-refractivity contribution in [3.05, 3.63) is 53.1 Å². The van der Waals surface area contributed by atoms with Gasteiger partial charge in [-0.2, -0.15) is 0 Å². The molecule has 2 aromatic rings. The number of carbonyl (C=O) groups is 1. The van der Waals surface area contributed by atoms with Crippen LogP contribution in [-0.4, -0.2) is 33.3 Å². The molecule has 0 saturated carbocycles. The second-order valence-electron chi connectivity index (χ2n) is 5.32. The molecule has 0 bridgehead atoms. The number of benzene rings is 2. The standard InChI is InChI=1S/C19H22N2O4S/c1-13-9-16(25-12-23-2)17(19(22)24-3)15(18(13)21-11-20)10-26-14-7-5-4-6-8-14/h4-9,11H,10,12H2,1-3H3,(H2,20,21). The van der Waals surface area contributed by atoms with Gasteiger partial charge in [0, 0.05) is 23.3 Å². The number of nitrogens with two attached hydrogens (primary N) is 1. The quantitative estimate of drug-likeness (QED) is 0.249. The molecule has 0 aliphatic rings. The number of carbonyl (C=O) groups excluding carboxylic acids is 1. The largest absolute Gasteiger partial charge is 0.467 e. The van der Waals surface area contributed by atoms with Gasteiger partial charge in [-0.3, -0.25) is 0 Å². The van der Waals surface area contributed by atoms with E-state index in [-0.39, 0.29) is 6.79 Å². The van der Waals surface area contributed by atoms with Crippen molar-refractivity contribution in [2.24, 2.45) is 10.7 Å². The van der Waals surface area contributed by atoms with Crippen molar-refractivity contribution in [3.8, 4) is 5.75 Å². The molecule has 0 aliphatic carbocycles. The topological polar surface area (TPSA) is 83.1 Å². The molecule has 0 aliphatic heterocycles. The number of aryl methyl sites for hydroxylation is 1. The van der Waals surface area contributed by atoms with Crippen LogP contribution in [0.1, 0.15) is 21.5 Å². The van der Waals surface area contributed by atoms with Crippen LogP contribution in [0, 0.1) is 6.92 Å². The highest BCUT2D eigenvalue weighted by atomic mass is 32.2. The lowest BCUT2D eigenvalue weighted by Crippen LogP contribution is -2.11. The molecule has 7 heteroatoms. The lowest BCUT2D eigenvalue weighted by atomic mass is 10.0. The van der Waals surface area contributed by atoms with Crippen LogP contribution in [0.3, 0.4) is 0 Å². The number of esters is 1. The van der Waals surface area contributed by atoms with Crippen molar-refractivity contribution < 1.29 is 19.0 Å². The Morgan fingerprint density at radius 3 is 2.62 bits per heavy atom. The number of hydrogen-bond donors (Lipinski definition) is 1. The zero-order valence-electron chi connectivity index (χ0n) is 15.0. The van der Waals surface area contributed by atoms with E-state index in [0.29, 0.717) is 28.3 Å². The van der Waals surface area contributed by atoms with E-state index in [9.17, 15) is 4.79 Å². The summed E-state index contributed by atoms with van der Waals surface area (Å²) in [4.78, 5) is 17.8. The van der Waals surface area contributed by atoms with E-state index in [1.165, 1.54) is 20.6 Å². The van der Waals surface area contributed by atoms with E-state index in [0.717, 1.165) is 10.5 Å². The van der Waals surface area contributed by atoms with Crippen LogP contribution in [0.15, 0.2) is 46.3 Å². The fraction of sp³-hybridized carbons (Fsp3) is 0.263. The molecule has 2 rings (SSSR count). The van der Waals surface area contributed by atoms with Crippen LogP contribution >= 0.6 is 11.8 Å². The molecule has 0 fully saturated rings. The third kappa shape index (κ3) is 4.77. The first-order valence-electron chi connectivity index (χ1n) is 7.91. The molecule has 138 valence electrons. The van der Waals surface area contributed by atoms with E-state index >= 15 is 0 Å². The van der Waals surface area contributed by atoms with Gasteiger partial charge in [0.05, 0.1) is 19.1 Å². The SMILES string of the molecule is COCOc1cc(C)c(/N=C\N)c(CSc2ccccc2)c1C(=O)OC. The van der Waals surface area contributed by atoms with E-state index < -0.39 is 5.97 Å². The second-order valence-corrected chi connectivity index (χ2v) is 6.36. The Labute approximate surface area is 157 Å². The molecule has 0 radical (unpaired) electrons. The van der Waals surface area contributed by atoms with E-state index in [1.807, 2.05) is 37.3 Å². The van der Waals surface area contributed by atoms with Crippen LogP contribution in [0.4, 0.5) is 5.69 Å². The fourth-order valence-corrected chi connectivity index (χ4v) is 3.41. The normalized spacial score (nSPS) is 10.9. The average Bonchev–Trinajstić information content (AvgIpc) is 2.67. The Bertz CT molecular complexity index is 779. The third-order valence-corrected chi connectivity index (χ3v) is 4.65. The molecule has 2 aromatic carbocycles. The molecule has 0 amide bonds. The van der Waals surface area contributed by atoms with Crippen molar-refractivity contribution in [3.63, 3.8) is 0 Å². The highest BCUT2D eigenvalue weighted by Gasteiger charge is 2.23. The van der Waals surface area contributed by atoms with Gasteiger partial charge >= 0.3 is 5.97 Å². The van der Waals surface area contributed by atoms with Gasteiger partial charge in [-0.15, -0.1) is 11.8 Å². The monoisotopic (exact) mass is 374 g/mol. The predicted octanol–water partition coefficient (Wildman–Crippen LogP) is 3.68. The summed E-state index contributed by atoms with van der Waals surface area (Å²) in [6.07, 6.45) is 1.22. The molecule has 2 N–H and O–H groups in total. The van der Waals surface area contributed by atoms with Gasteiger partial charge < -0.3 is 19.9 Å². The maximum atomic E-state index is 12.5. The highest BCUT2D eigenvalue weighted by molar-refractivity contribution is 7.98. The first kappa shape index (κ1) is 19.8. The highest BCUT2D eigenvalue weighted by Crippen LogP contribution is 2.38. The second kappa shape index (κ2) is 9.84. The maximum Gasteiger partial charge on any atom is 0.342 e. The molecule has 0 atom stereocenters. The summed E-state index contributed by atoms with van der Waals surface area (Å²) in [5, 5.41) is 0. The number of aliphatic imine (C=N–C) groups is 1. The molecular weight excluding hydrogens is 352 g/mol. The molecule has 0 saturated heterocycles. The Kier molecular flexibility index (Phi) is 7.50. The van der Waals surface area contributed by atoms with Crippen molar-refractivity contribution in [2.45, 2.75) is 17.6 Å². The molecule has 6 nitrogen and oxygen atoms in total. The molecule has 26 heavy (non-hydrogen) atoms. The first-order chi connectivity index (χ1) is 12.6. The Balaban J connectivity index is 2.54. The van der Waals surface area contributed by atoms with Crippen molar-refractivity contribution in [1.29, 1.82) is 0 Å². The number of thioether (sulfide) groups is 1. The smallest absolute Gasteiger partial charge is 0.342 e. The van der Waals surface area contributed by atoms with Gasteiger partial charge in [-0.05, 0) is 30.7 Å². The molecular formula is C19H22N2O4S. The van der Waals surface area contributed by atoms with Crippen molar-refractivity contribution >= 4 is 29.8 Å². The number of methoxy groups -OCH3 is 2. The Hall–Kier alpha value is -2.51. The lowest BCUT2D eigenvalue weighted by molar-refractivity contribution is 0.0464. The summed E-state index contributed by atoms with van der Waals surface area (Å²) in [6, 6.07) is 11.6. The minimum absolute atomic E-state index is 0.0220. The molecule has 0 aromatic heterocycles. The summed E-state index contributed by atoms with van der Waals surface area (Å²) in [5.74, 6) is 0.413. The van der Waals surface area contributed by atoms with Crippen LogP contribution < -0.4 is 10.5 Å². The lowest BCUT2D eigenvalue weighted by Gasteiger charge is -2.18. The zero-order valence-corrected chi connectivity index (χ0v) is 15.8. The summed E-state index contributed by atoms with van der Waals surface area (Å²) < 4.78 is 15.5. The summed E-state index contributed by atoms with van der Waals surface area (Å²) >= 11 is 1.59. The van der Waals surface area contributed by atoms with E-state index in [4.69, 9.17) is 19.9 Å². The van der Waals surface area contributed by atoms with Crippen LogP contribution in [0.5, 0.6) is 5.75 Å². The van der Waals surface area contributed by atoms with Gasteiger partial charge in [0.25, 0.3) is 0 Å². The van der Waals surface area contributed by atoms with Crippen molar-refractivity contribution in [1.82, 2.24) is 0 Å². The first-order valence-corrected chi connectivity index (χ1v) is 8.89. The van der Waals surface area contributed by atoms with Gasteiger partial charge in [-0.25, -0.2) is 9.79 Å². The third-order valence-electron chi connectivity index (χ3n) is 3.61. The number of hydrogen-bond acceptors (Lipinski definition) is 6. The molecule has 0 unspecified atom stereocenters. The Morgan fingerprint density at radius 1 is 1.27 bits per heavy atom. The van der Waals surface area contributed by atoms with Crippen LogP contribution in [-0.2, 0) is 15.2 Å². The summed E-state index contributed by atoms with van der Waals surface area (Å²) in [7, 11) is 2.85. The fourth-order valence-electron chi connectivity index (χ4n) is 2.47. The predicted molar refractivity (Wildman–Crippen MR) is 103 cm³/mol. The summed E-state index contributed by atoms with van der Waals surface area (Å²) in [6.45, 7) is 1.91. The van der Waals surface area contributed by atoms with Gasteiger partial charge in [-0.1, -0.05) is 18.2 Å². The van der Waals surface area contributed by atoms with Crippen molar-refractivity contribution in [2.75, 3.05) is 21.0 Å². The van der Waals surface area contributed by atoms with E-state index in [1.54, 1.807) is 17.8 Å². The van der Waals surface area contributed by atoms with Gasteiger partial charge in [0.1, 0.15) is 11.3 Å². The number of ether oxygens (including phenoxy) is 3. The Morgan fingerprint density at radius 2 is 2.00 bits per heavy atom. The van der Waals surface area contributed by atoms with Gasteiger partial charge in [0.15, 0.2) is 6.79 Å². The molecule has 0 spiro atoms. The van der Waals surface area contributed by atoms with E-state index in [2.05, 4.69) is 4.99 Å².